The van der Waals surface area contributed by atoms with E-state index in [0.717, 1.165) is 11.3 Å². The molecule has 1 amide bonds. The fourth-order valence-electron chi connectivity index (χ4n) is 2.49. The van der Waals surface area contributed by atoms with Crippen molar-refractivity contribution in [2.24, 2.45) is 0 Å². The number of benzene rings is 2. The molecule has 0 saturated heterocycles. The molecule has 0 atom stereocenters. The molecule has 30 heavy (non-hydrogen) atoms. The van der Waals surface area contributed by atoms with Gasteiger partial charge in [0.2, 0.25) is 0 Å². The van der Waals surface area contributed by atoms with Gasteiger partial charge in [-0.15, -0.1) is 11.3 Å². The van der Waals surface area contributed by atoms with Crippen LogP contribution in [0, 0.1) is 5.82 Å². The van der Waals surface area contributed by atoms with Crippen LogP contribution in [0.2, 0.25) is 5.02 Å². The van der Waals surface area contributed by atoms with Crippen LogP contribution in [0.25, 0.3) is 0 Å². The first kappa shape index (κ1) is 22.6. The van der Waals surface area contributed by atoms with Crippen molar-refractivity contribution in [1.29, 1.82) is 0 Å². The van der Waals surface area contributed by atoms with Crippen LogP contribution in [0.3, 0.4) is 0 Å². The predicted molar refractivity (Wildman–Crippen MR) is 121 cm³/mol. The molecule has 0 spiro atoms. The molecule has 2 aromatic carbocycles. The standard InChI is InChI=1S/C20H18ClFN2O3S3/c21-17-3-1-4-18(22)16(17)13-28-12-10-23-20(25)14-6-8-15(9-7-14)24-30(26,27)19-5-2-11-29-19/h1-9,11,24H,10,12-13H2,(H,23,25). The summed E-state index contributed by atoms with van der Waals surface area (Å²) in [4.78, 5) is 12.2. The summed E-state index contributed by atoms with van der Waals surface area (Å²) in [6.07, 6.45) is 0. The molecule has 3 aromatic rings. The van der Waals surface area contributed by atoms with Crippen molar-refractivity contribution in [1.82, 2.24) is 5.32 Å². The lowest BCUT2D eigenvalue weighted by Gasteiger charge is -2.09. The molecule has 5 nitrogen and oxygen atoms in total. The maximum absolute atomic E-state index is 13.7. The average molecular weight is 485 g/mol. The van der Waals surface area contributed by atoms with Crippen LogP contribution in [0.5, 0.6) is 0 Å². The van der Waals surface area contributed by atoms with Crippen molar-refractivity contribution in [2.75, 3.05) is 17.0 Å². The van der Waals surface area contributed by atoms with E-state index >= 15 is 0 Å². The lowest BCUT2D eigenvalue weighted by molar-refractivity contribution is 0.0956. The summed E-state index contributed by atoms with van der Waals surface area (Å²) in [5.41, 5.74) is 1.24. The van der Waals surface area contributed by atoms with E-state index in [1.165, 1.54) is 36.0 Å². The molecule has 0 saturated carbocycles. The molecule has 0 aliphatic rings. The van der Waals surface area contributed by atoms with Gasteiger partial charge in [0.1, 0.15) is 10.0 Å². The summed E-state index contributed by atoms with van der Waals surface area (Å²) in [6.45, 7) is 0.405. The summed E-state index contributed by atoms with van der Waals surface area (Å²) in [7, 11) is -3.62. The zero-order valence-electron chi connectivity index (χ0n) is 15.6. The van der Waals surface area contributed by atoms with Crippen molar-refractivity contribution >= 4 is 56.3 Å². The maximum Gasteiger partial charge on any atom is 0.271 e. The highest BCUT2D eigenvalue weighted by Crippen LogP contribution is 2.24. The van der Waals surface area contributed by atoms with Crippen LogP contribution in [0.15, 0.2) is 64.2 Å². The molecule has 10 heteroatoms. The third kappa shape index (κ3) is 5.98. The molecular weight excluding hydrogens is 467 g/mol. The van der Waals surface area contributed by atoms with Gasteiger partial charge >= 0.3 is 0 Å². The SMILES string of the molecule is O=C(NCCSCc1c(F)cccc1Cl)c1ccc(NS(=O)(=O)c2cccs2)cc1. The number of rotatable bonds is 9. The third-order valence-corrected chi connectivity index (χ3v) is 8.12. The Hall–Kier alpha value is -2.07. The van der Waals surface area contributed by atoms with E-state index in [0.29, 0.717) is 39.9 Å². The molecule has 3 rings (SSSR count). The molecule has 1 heterocycles. The van der Waals surface area contributed by atoms with E-state index in [2.05, 4.69) is 10.0 Å². The molecule has 0 aliphatic heterocycles. The van der Waals surface area contributed by atoms with E-state index in [9.17, 15) is 17.6 Å². The Balaban J connectivity index is 1.46. The van der Waals surface area contributed by atoms with Crippen molar-refractivity contribution in [2.45, 2.75) is 9.96 Å². The monoisotopic (exact) mass is 484 g/mol. The van der Waals surface area contributed by atoms with E-state index in [-0.39, 0.29) is 15.9 Å². The van der Waals surface area contributed by atoms with Crippen LogP contribution in [-0.4, -0.2) is 26.6 Å². The first-order valence-corrected chi connectivity index (χ1v) is 12.7. The molecule has 2 N–H and O–H groups in total. The summed E-state index contributed by atoms with van der Waals surface area (Å²) < 4.78 is 40.8. The fraction of sp³-hybridized carbons (Fsp3) is 0.150. The number of anilines is 1. The smallest absolute Gasteiger partial charge is 0.271 e. The van der Waals surface area contributed by atoms with Gasteiger partial charge in [-0.1, -0.05) is 23.7 Å². The zero-order valence-corrected chi connectivity index (χ0v) is 18.8. The number of amides is 1. The number of thiophene rings is 1. The quantitative estimate of drug-likeness (QED) is 0.419. The molecular formula is C20H18ClFN2O3S3. The van der Waals surface area contributed by atoms with Gasteiger partial charge in [-0.2, -0.15) is 11.8 Å². The number of carbonyl (C=O) groups is 1. The highest BCUT2D eigenvalue weighted by Gasteiger charge is 2.15. The van der Waals surface area contributed by atoms with Gasteiger partial charge in [0.15, 0.2) is 0 Å². The average Bonchev–Trinajstić information content (AvgIpc) is 3.26. The molecule has 0 radical (unpaired) electrons. The van der Waals surface area contributed by atoms with Crippen molar-refractivity contribution in [3.63, 3.8) is 0 Å². The summed E-state index contributed by atoms with van der Waals surface area (Å²) in [5, 5.41) is 4.86. The zero-order chi connectivity index (χ0) is 21.6. The maximum atomic E-state index is 13.7. The van der Waals surface area contributed by atoms with Crippen LogP contribution in [0.1, 0.15) is 15.9 Å². The van der Waals surface area contributed by atoms with Gasteiger partial charge in [0, 0.05) is 39.9 Å². The van der Waals surface area contributed by atoms with E-state index < -0.39 is 10.0 Å². The van der Waals surface area contributed by atoms with Gasteiger partial charge in [0.25, 0.3) is 15.9 Å². The number of thioether (sulfide) groups is 1. The highest BCUT2D eigenvalue weighted by atomic mass is 35.5. The Kier molecular flexibility index (Phi) is 7.76. The topological polar surface area (TPSA) is 75.3 Å². The molecule has 0 unspecified atom stereocenters. The second kappa shape index (κ2) is 10.3. The van der Waals surface area contributed by atoms with Gasteiger partial charge in [-0.25, -0.2) is 12.8 Å². The predicted octanol–water partition coefficient (Wildman–Crippen LogP) is 5.00. The fourth-order valence-corrected chi connectivity index (χ4v) is 5.74. The summed E-state index contributed by atoms with van der Waals surface area (Å²) in [6, 6.07) is 13.9. The minimum absolute atomic E-state index is 0.221. The Morgan fingerprint density at radius 2 is 1.87 bits per heavy atom. The van der Waals surface area contributed by atoms with E-state index in [4.69, 9.17) is 11.6 Å². The van der Waals surface area contributed by atoms with Crippen molar-refractivity contribution < 1.29 is 17.6 Å². The van der Waals surface area contributed by atoms with Gasteiger partial charge in [-0.3, -0.25) is 9.52 Å². The van der Waals surface area contributed by atoms with E-state index in [1.807, 2.05) is 0 Å². The van der Waals surface area contributed by atoms with Crippen LogP contribution < -0.4 is 10.0 Å². The number of hydrogen-bond acceptors (Lipinski definition) is 5. The van der Waals surface area contributed by atoms with Crippen molar-refractivity contribution in [3.05, 3.63) is 81.9 Å². The molecule has 1 aromatic heterocycles. The molecule has 0 fully saturated rings. The largest absolute Gasteiger partial charge is 0.351 e. The first-order chi connectivity index (χ1) is 14.4. The minimum atomic E-state index is -3.62. The lowest BCUT2D eigenvalue weighted by atomic mass is 10.2. The molecule has 0 aliphatic carbocycles. The second-order valence-electron chi connectivity index (χ2n) is 6.12. The number of sulfonamides is 1. The third-order valence-electron chi connectivity index (χ3n) is 4.00. The highest BCUT2D eigenvalue weighted by molar-refractivity contribution is 7.98. The Bertz CT molecular complexity index is 1080. The number of nitrogens with one attached hydrogen (secondary N) is 2. The van der Waals surface area contributed by atoms with Gasteiger partial charge in [0.05, 0.1) is 0 Å². The Morgan fingerprint density at radius 3 is 2.53 bits per heavy atom. The lowest BCUT2D eigenvalue weighted by Crippen LogP contribution is -2.25. The number of carbonyl (C=O) groups excluding carboxylic acids is 1. The van der Waals surface area contributed by atoms with E-state index in [1.54, 1.807) is 35.7 Å². The second-order valence-corrected chi connectivity index (χ2v) is 10.5. The number of hydrogen-bond donors (Lipinski definition) is 2. The van der Waals surface area contributed by atoms with Crippen LogP contribution in [0.4, 0.5) is 10.1 Å². The van der Waals surface area contributed by atoms with Crippen LogP contribution in [-0.2, 0) is 15.8 Å². The Morgan fingerprint density at radius 1 is 1.10 bits per heavy atom. The normalized spacial score (nSPS) is 11.3. The summed E-state index contributed by atoms with van der Waals surface area (Å²) in [5.74, 6) is 0.399. The first-order valence-electron chi connectivity index (χ1n) is 8.82. The minimum Gasteiger partial charge on any atom is -0.351 e. The molecule has 158 valence electrons. The number of halogens is 2. The van der Waals surface area contributed by atoms with Gasteiger partial charge in [-0.05, 0) is 47.8 Å². The van der Waals surface area contributed by atoms with Crippen molar-refractivity contribution in [3.8, 4) is 0 Å². The molecule has 0 bridgehead atoms. The van der Waals surface area contributed by atoms with Gasteiger partial charge < -0.3 is 5.32 Å². The summed E-state index contributed by atoms with van der Waals surface area (Å²) >= 11 is 8.58. The van der Waals surface area contributed by atoms with Crippen LogP contribution >= 0.6 is 34.7 Å². The Labute approximate surface area is 187 Å².